The molecule has 2 atom stereocenters. The molecule has 230 valence electrons. The predicted octanol–water partition coefficient (Wildman–Crippen LogP) is 5.78. The van der Waals surface area contributed by atoms with Gasteiger partial charge < -0.3 is 10.2 Å². The van der Waals surface area contributed by atoms with Gasteiger partial charge in [0, 0.05) is 70.0 Å². The van der Waals surface area contributed by atoms with E-state index in [9.17, 15) is 14.4 Å². The molecule has 1 aromatic heterocycles. The summed E-state index contributed by atoms with van der Waals surface area (Å²) in [6.07, 6.45) is 6.53. The van der Waals surface area contributed by atoms with Gasteiger partial charge in [-0.3, -0.25) is 19.3 Å². The monoisotopic (exact) mass is 594 g/mol. The van der Waals surface area contributed by atoms with Crippen LogP contribution in [0.5, 0.6) is 0 Å². The molecule has 0 unspecified atom stereocenters. The zero-order valence-corrected chi connectivity index (χ0v) is 26.9. The first kappa shape index (κ1) is 32.5. The van der Waals surface area contributed by atoms with Gasteiger partial charge in [0.2, 0.25) is 5.91 Å². The number of nitrogens with zero attached hydrogens (tertiary/aromatic N) is 3. The lowest BCUT2D eigenvalue weighted by molar-refractivity contribution is -0.130. The average Bonchev–Trinajstić information content (AvgIpc) is 3.65. The molecule has 1 N–H and O–H groups in total. The zero-order valence-electron chi connectivity index (χ0n) is 26.1. The topological polar surface area (TPSA) is 82.6 Å². The molecular formula is C34H50N4O3S. The van der Waals surface area contributed by atoms with Gasteiger partial charge >= 0.3 is 0 Å². The van der Waals surface area contributed by atoms with Crippen LogP contribution in [0, 0.1) is 11.8 Å². The standard InChI is InChI=1S/C34H50N4O3S/c1-6-28(39)19-27(21-33-35-30-12-11-26(23(2)3)20-32(30)42-33)34(41)36-29(25-9-7-8-10-25)13-14-31(40)24(4)22-38-17-15-37(5)16-18-38/h11-12,20,23,25,27,29H,4,6-10,13-19,21-22H2,1-3,5H3,(H,36,41)/t27-,29+/m0/s1. The van der Waals surface area contributed by atoms with E-state index in [1.54, 1.807) is 11.3 Å². The molecule has 0 bridgehead atoms. The van der Waals surface area contributed by atoms with Crippen molar-refractivity contribution in [2.24, 2.45) is 11.8 Å². The molecule has 1 saturated carbocycles. The van der Waals surface area contributed by atoms with Gasteiger partial charge in [0.1, 0.15) is 5.78 Å². The predicted molar refractivity (Wildman–Crippen MR) is 172 cm³/mol. The smallest absolute Gasteiger partial charge is 0.224 e. The molecule has 0 radical (unpaired) electrons. The first-order valence-electron chi connectivity index (χ1n) is 16.0. The van der Waals surface area contributed by atoms with Crippen molar-refractivity contribution < 1.29 is 14.4 Å². The van der Waals surface area contributed by atoms with E-state index in [2.05, 4.69) is 60.8 Å². The Hall–Kier alpha value is -2.42. The maximum atomic E-state index is 13.8. The second-order valence-corrected chi connectivity index (χ2v) is 13.9. The largest absolute Gasteiger partial charge is 0.353 e. The number of piperazine rings is 1. The van der Waals surface area contributed by atoms with Gasteiger partial charge in [-0.15, -0.1) is 11.3 Å². The van der Waals surface area contributed by atoms with Crippen molar-refractivity contribution >= 4 is 39.0 Å². The van der Waals surface area contributed by atoms with Crippen LogP contribution in [-0.2, 0) is 20.8 Å². The first-order chi connectivity index (χ1) is 20.1. The van der Waals surface area contributed by atoms with E-state index in [4.69, 9.17) is 4.98 Å². The van der Waals surface area contributed by atoms with Gasteiger partial charge in [-0.1, -0.05) is 46.3 Å². The van der Waals surface area contributed by atoms with E-state index in [0.717, 1.165) is 67.1 Å². The van der Waals surface area contributed by atoms with Gasteiger partial charge in [-0.2, -0.15) is 0 Å². The third kappa shape index (κ3) is 9.04. The Morgan fingerprint density at radius 3 is 2.50 bits per heavy atom. The Balaban J connectivity index is 1.41. The minimum Gasteiger partial charge on any atom is -0.353 e. The number of aromatic nitrogens is 1. The second-order valence-electron chi connectivity index (χ2n) is 12.8. The van der Waals surface area contributed by atoms with E-state index in [0.29, 0.717) is 49.6 Å². The highest BCUT2D eigenvalue weighted by Crippen LogP contribution is 2.31. The first-order valence-corrected chi connectivity index (χ1v) is 16.8. The summed E-state index contributed by atoms with van der Waals surface area (Å²) in [4.78, 5) is 48.9. The number of Topliss-reactive ketones (excluding diaryl/α,β-unsaturated/α-hetero) is 2. The molecular weight excluding hydrogens is 544 g/mol. The van der Waals surface area contributed by atoms with Gasteiger partial charge in [0.15, 0.2) is 5.78 Å². The Labute approximate surface area is 256 Å². The molecule has 2 heterocycles. The summed E-state index contributed by atoms with van der Waals surface area (Å²) in [7, 11) is 2.12. The average molecular weight is 595 g/mol. The van der Waals surface area contributed by atoms with Crippen LogP contribution in [0.25, 0.3) is 10.2 Å². The molecule has 2 aliphatic rings. The van der Waals surface area contributed by atoms with Crippen molar-refractivity contribution in [3.63, 3.8) is 0 Å². The quantitative estimate of drug-likeness (QED) is 0.264. The van der Waals surface area contributed by atoms with Gasteiger partial charge in [0.25, 0.3) is 0 Å². The highest BCUT2D eigenvalue weighted by molar-refractivity contribution is 7.18. The molecule has 2 aromatic rings. The number of hydrogen-bond donors (Lipinski definition) is 1. The van der Waals surface area contributed by atoms with E-state index in [-0.39, 0.29) is 29.9 Å². The summed E-state index contributed by atoms with van der Waals surface area (Å²) in [6, 6.07) is 6.30. The van der Waals surface area contributed by atoms with Crippen LogP contribution in [0.2, 0.25) is 0 Å². The van der Waals surface area contributed by atoms with Crippen molar-refractivity contribution in [3.05, 3.63) is 40.9 Å². The third-order valence-electron chi connectivity index (χ3n) is 9.17. The molecule has 42 heavy (non-hydrogen) atoms. The maximum absolute atomic E-state index is 13.8. The summed E-state index contributed by atoms with van der Waals surface area (Å²) in [5.41, 5.74) is 2.88. The van der Waals surface area contributed by atoms with Crippen molar-refractivity contribution in [2.45, 2.75) is 90.5 Å². The third-order valence-corrected chi connectivity index (χ3v) is 10.2. The molecule has 1 aliphatic carbocycles. The van der Waals surface area contributed by atoms with Crippen LogP contribution >= 0.6 is 11.3 Å². The van der Waals surface area contributed by atoms with Gasteiger partial charge in [-0.05, 0) is 55.8 Å². The highest BCUT2D eigenvalue weighted by Gasteiger charge is 2.31. The number of ketones is 2. The number of benzene rings is 1. The molecule has 1 aliphatic heterocycles. The number of fused-ring (bicyclic) bond motifs is 1. The molecule has 1 amide bonds. The highest BCUT2D eigenvalue weighted by atomic mass is 32.1. The number of hydrogen-bond acceptors (Lipinski definition) is 7. The fourth-order valence-corrected chi connectivity index (χ4v) is 7.33. The summed E-state index contributed by atoms with van der Waals surface area (Å²) < 4.78 is 1.12. The molecule has 4 rings (SSSR count). The minimum absolute atomic E-state index is 0.0661. The SMILES string of the molecule is C=C(CN1CCN(C)CC1)C(=O)CC[C@@H](NC(=O)[C@@H](CC(=O)CC)Cc1nc2ccc(C(C)C)cc2s1)C1CCCC1. The lowest BCUT2D eigenvalue weighted by Gasteiger charge is -2.32. The fourth-order valence-electron chi connectivity index (χ4n) is 6.24. The van der Waals surface area contributed by atoms with Crippen LogP contribution in [0.1, 0.15) is 88.6 Å². The Kier molecular flexibility index (Phi) is 11.9. The number of carbonyl (C=O) groups is 3. The summed E-state index contributed by atoms with van der Waals surface area (Å²) in [5.74, 6) is 0.440. The van der Waals surface area contributed by atoms with Crippen LogP contribution < -0.4 is 5.32 Å². The lowest BCUT2D eigenvalue weighted by atomic mass is 9.90. The number of carbonyl (C=O) groups excluding carboxylic acids is 3. The van der Waals surface area contributed by atoms with Gasteiger partial charge in [0.05, 0.1) is 21.1 Å². The molecule has 1 aromatic carbocycles. The van der Waals surface area contributed by atoms with Crippen molar-refractivity contribution in [2.75, 3.05) is 39.8 Å². The molecule has 1 saturated heterocycles. The van der Waals surface area contributed by atoms with Crippen molar-refractivity contribution in [3.8, 4) is 0 Å². The van der Waals surface area contributed by atoms with Crippen molar-refractivity contribution in [1.82, 2.24) is 20.1 Å². The van der Waals surface area contributed by atoms with Crippen LogP contribution in [0.15, 0.2) is 30.4 Å². The fraction of sp³-hybridized carbons (Fsp3) is 0.647. The van der Waals surface area contributed by atoms with E-state index >= 15 is 0 Å². The second kappa shape index (κ2) is 15.3. The van der Waals surface area contributed by atoms with Gasteiger partial charge in [-0.25, -0.2) is 4.98 Å². The number of thiazole rings is 1. The van der Waals surface area contributed by atoms with E-state index < -0.39 is 5.92 Å². The summed E-state index contributed by atoms with van der Waals surface area (Å²) in [5, 5.41) is 4.23. The number of likely N-dealkylation sites (N-methyl/N-ethyl adjacent to an activating group) is 1. The minimum atomic E-state index is -0.464. The Morgan fingerprint density at radius 1 is 1.12 bits per heavy atom. The molecule has 8 heteroatoms. The normalized spacial score (nSPS) is 18.4. The van der Waals surface area contributed by atoms with Crippen LogP contribution in [0.3, 0.4) is 0 Å². The molecule has 7 nitrogen and oxygen atoms in total. The van der Waals surface area contributed by atoms with Crippen molar-refractivity contribution in [1.29, 1.82) is 0 Å². The summed E-state index contributed by atoms with van der Waals surface area (Å²) in [6.45, 7) is 14.9. The Bertz CT molecular complexity index is 1240. The number of nitrogens with one attached hydrogen (secondary N) is 1. The number of rotatable bonds is 15. The lowest BCUT2D eigenvalue weighted by Crippen LogP contribution is -2.45. The maximum Gasteiger partial charge on any atom is 0.224 e. The Morgan fingerprint density at radius 2 is 1.83 bits per heavy atom. The molecule has 0 spiro atoms. The van der Waals surface area contributed by atoms with Crippen LogP contribution in [0.4, 0.5) is 0 Å². The summed E-state index contributed by atoms with van der Waals surface area (Å²) >= 11 is 1.62. The number of amides is 1. The van der Waals surface area contributed by atoms with Crippen LogP contribution in [-0.4, -0.2) is 78.1 Å². The van der Waals surface area contributed by atoms with E-state index in [1.807, 2.05) is 6.92 Å². The molecule has 2 fully saturated rings. The zero-order chi connectivity index (χ0) is 30.2. The van der Waals surface area contributed by atoms with E-state index in [1.165, 1.54) is 5.56 Å².